The number of nitrogens with two attached hydrogens (primary N) is 1. The summed E-state index contributed by atoms with van der Waals surface area (Å²) >= 11 is 6.07. The SMILES string of the molecule is Cc1ccc(Cl)cc1N1CCN([C@H](C)C(=O)NC(N)=O)CC1. The number of anilines is 1. The van der Waals surface area contributed by atoms with Crippen molar-refractivity contribution in [2.75, 3.05) is 31.1 Å². The van der Waals surface area contributed by atoms with Gasteiger partial charge in [-0.1, -0.05) is 17.7 Å². The van der Waals surface area contributed by atoms with Crippen LogP contribution in [-0.2, 0) is 4.79 Å². The first-order valence-electron chi connectivity index (χ1n) is 7.24. The van der Waals surface area contributed by atoms with Crippen LogP contribution in [0.1, 0.15) is 12.5 Å². The van der Waals surface area contributed by atoms with Gasteiger partial charge in [0.25, 0.3) is 0 Å². The van der Waals surface area contributed by atoms with Gasteiger partial charge >= 0.3 is 6.03 Å². The number of amides is 3. The Morgan fingerprint density at radius 2 is 1.91 bits per heavy atom. The van der Waals surface area contributed by atoms with Gasteiger partial charge in [0, 0.05) is 36.9 Å². The molecule has 0 aliphatic carbocycles. The smallest absolute Gasteiger partial charge is 0.318 e. The van der Waals surface area contributed by atoms with Gasteiger partial charge in [0.1, 0.15) is 0 Å². The highest BCUT2D eigenvalue weighted by atomic mass is 35.5. The van der Waals surface area contributed by atoms with Crippen molar-refractivity contribution in [3.63, 3.8) is 0 Å². The van der Waals surface area contributed by atoms with Gasteiger partial charge in [-0.3, -0.25) is 15.0 Å². The van der Waals surface area contributed by atoms with E-state index < -0.39 is 6.03 Å². The van der Waals surface area contributed by atoms with Crippen LogP contribution in [0.4, 0.5) is 10.5 Å². The number of halogens is 1. The van der Waals surface area contributed by atoms with Crippen molar-refractivity contribution in [1.82, 2.24) is 10.2 Å². The molecule has 22 heavy (non-hydrogen) atoms. The average molecular weight is 325 g/mol. The van der Waals surface area contributed by atoms with Crippen molar-refractivity contribution in [2.45, 2.75) is 19.9 Å². The molecule has 0 aromatic heterocycles. The number of nitrogens with one attached hydrogen (secondary N) is 1. The molecule has 2 rings (SSSR count). The predicted octanol–water partition coefficient (Wildman–Crippen LogP) is 1.35. The average Bonchev–Trinajstić information content (AvgIpc) is 2.48. The Morgan fingerprint density at radius 1 is 1.27 bits per heavy atom. The van der Waals surface area contributed by atoms with E-state index in [0.29, 0.717) is 0 Å². The number of nitrogens with zero attached hydrogens (tertiary/aromatic N) is 2. The molecule has 7 heteroatoms. The second-order valence-corrected chi connectivity index (χ2v) is 5.92. The minimum absolute atomic E-state index is 0.361. The largest absolute Gasteiger partial charge is 0.369 e. The van der Waals surface area contributed by atoms with Gasteiger partial charge < -0.3 is 10.6 Å². The minimum atomic E-state index is -0.815. The van der Waals surface area contributed by atoms with Gasteiger partial charge in [-0.05, 0) is 31.5 Å². The lowest BCUT2D eigenvalue weighted by Crippen LogP contribution is -2.55. The zero-order chi connectivity index (χ0) is 16.3. The number of primary amides is 1. The van der Waals surface area contributed by atoms with Crippen molar-refractivity contribution >= 4 is 29.2 Å². The third-order valence-electron chi connectivity index (χ3n) is 4.00. The van der Waals surface area contributed by atoms with E-state index >= 15 is 0 Å². The van der Waals surface area contributed by atoms with E-state index in [4.69, 9.17) is 17.3 Å². The molecule has 3 amide bonds. The number of piperazine rings is 1. The topological polar surface area (TPSA) is 78.7 Å². The third kappa shape index (κ3) is 3.90. The molecule has 0 bridgehead atoms. The summed E-state index contributed by atoms with van der Waals surface area (Å²) in [5.74, 6) is -0.361. The molecule has 1 aromatic rings. The van der Waals surface area contributed by atoms with Crippen LogP contribution in [0.2, 0.25) is 5.02 Å². The number of hydrogen-bond acceptors (Lipinski definition) is 4. The van der Waals surface area contributed by atoms with Crippen LogP contribution in [0.5, 0.6) is 0 Å². The van der Waals surface area contributed by atoms with Crippen LogP contribution >= 0.6 is 11.6 Å². The molecular weight excluding hydrogens is 304 g/mol. The highest BCUT2D eigenvalue weighted by Gasteiger charge is 2.26. The zero-order valence-electron chi connectivity index (χ0n) is 12.8. The molecule has 0 spiro atoms. The summed E-state index contributed by atoms with van der Waals surface area (Å²) in [6, 6.07) is 4.66. The first-order valence-corrected chi connectivity index (χ1v) is 7.61. The number of rotatable bonds is 3. The van der Waals surface area contributed by atoms with Crippen LogP contribution in [-0.4, -0.2) is 49.1 Å². The van der Waals surface area contributed by atoms with E-state index in [1.165, 1.54) is 5.56 Å². The second kappa shape index (κ2) is 6.98. The van der Waals surface area contributed by atoms with Crippen LogP contribution < -0.4 is 16.0 Å². The molecule has 1 aromatic carbocycles. The van der Waals surface area contributed by atoms with Crippen LogP contribution in [0, 0.1) is 6.92 Å². The number of benzene rings is 1. The number of carbonyl (C=O) groups excluding carboxylic acids is 2. The van der Waals surface area contributed by atoms with E-state index in [2.05, 4.69) is 17.1 Å². The molecule has 1 fully saturated rings. The maximum atomic E-state index is 11.8. The molecule has 1 atom stereocenters. The number of urea groups is 1. The Kier molecular flexibility index (Phi) is 5.26. The highest BCUT2D eigenvalue weighted by molar-refractivity contribution is 6.30. The summed E-state index contributed by atoms with van der Waals surface area (Å²) in [4.78, 5) is 26.9. The maximum absolute atomic E-state index is 11.8. The molecule has 1 aliphatic heterocycles. The van der Waals surface area contributed by atoms with Gasteiger partial charge in [-0.2, -0.15) is 0 Å². The third-order valence-corrected chi connectivity index (χ3v) is 4.23. The van der Waals surface area contributed by atoms with Gasteiger partial charge in [0.05, 0.1) is 6.04 Å². The minimum Gasteiger partial charge on any atom is -0.369 e. The summed E-state index contributed by atoms with van der Waals surface area (Å²) in [5.41, 5.74) is 7.28. The first kappa shape index (κ1) is 16.6. The lowest BCUT2D eigenvalue weighted by atomic mass is 10.1. The van der Waals surface area contributed by atoms with Crippen molar-refractivity contribution in [2.24, 2.45) is 5.73 Å². The van der Waals surface area contributed by atoms with Gasteiger partial charge in [-0.25, -0.2) is 4.79 Å². The van der Waals surface area contributed by atoms with Gasteiger partial charge in [0.15, 0.2) is 0 Å². The molecule has 3 N–H and O–H groups in total. The normalized spacial score (nSPS) is 17.1. The molecule has 1 saturated heterocycles. The van der Waals surface area contributed by atoms with Crippen molar-refractivity contribution < 1.29 is 9.59 Å². The lowest BCUT2D eigenvalue weighted by molar-refractivity contribution is -0.124. The predicted molar refractivity (Wildman–Crippen MR) is 87.2 cm³/mol. The van der Waals surface area contributed by atoms with E-state index in [0.717, 1.165) is 36.9 Å². The zero-order valence-corrected chi connectivity index (χ0v) is 13.6. The molecular formula is C15H21ClN4O2. The molecule has 1 heterocycles. The summed E-state index contributed by atoms with van der Waals surface area (Å²) in [7, 11) is 0. The van der Waals surface area contributed by atoms with E-state index in [1.807, 2.05) is 23.1 Å². The Bertz CT molecular complexity index is 571. The molecule has 6 nitrogen and oxygen atoms in total. The molecule has 120 valence electrons. The summed E-state index contributed by atoms with van der Waals surface area (Å²) < 4.78 is 0. The number of imide groups is 1. The summed E-state index contributed by atoms with van der Waals surface area (Å²) in [6.07, 6.45) is 0. The highest BCUT2D eigenvalue weighted by Crippen LogP contribution is 2.25. The van der Waals surface area contributed by atoms with Crippen molar-refractivity contribution in [3.05, 3.63) is 28.8 Å². The number of aryl methyl sites for hydroxylation is 1. The van der Waals surface area contributed by atoms with E-state index in [9.17, 15) is 9.59 Å². The van der Waals surface area contributed by atoms with Crippen LogP contribution in [0.15, 0.2) is 18.2 Å². The van der Waals surface area contributed by atoms with Gasteiger partial charge in [0.2, 0.25) is 5.91 Å². The summed E-state index contributed by atoms with van der Waals surface area (Å²) in [5, 5.41) is 2.85. The second-order valence-electron chi connectivity index (χ2n) is 5.48. The maximum Gasteiger partial charge on any atom is 0.318 e. The van der Waals surface area contributed by atoms with Crippen molar-refractivity contribution in [1.29, 1.82) is 0 Å². The molecule has 1 aliphatic rings. The Hall–Kier alpha value is -1.79. The Labute approximate surface area is 135 Å². The number of hydrogen-bond donors (Lipinski definition) is 2. The van der Waals surface area contributed by atoms with Crippen molar-refractivity contribution in [3.8, 4) is 0 Å². The Morgan fingerprint density at radius 3 is 2.50 bits per heavy atom. The molecule has 0 radical (unpaired) electrons. The lowest BCUT2D eigenvalue weighted by Gasteiger charge is -2.39. The van der Waals surface area contributed by atoms with Crippen LogP contribution in [0.25, 0.3) is 0 Å². The molecule has 0 saturated carbocycles. The fourth-order valence-corrected chi connectivity index (χ4v) is 2.83. The number of carbonyl (C=O) groups is 2. The fourth-order valence-electron chi connectivity index (χ4n) is 2.67. The quantitative estimate of drug-likeness (QED) is 0.880. The van der Waals surface area contributed by atoms with Gasteiger partial charge in [-0.15, -0.1) is 0 Å². The monoisotopic (exact) mass is 324 g/mol. The standard InChI is InChI=1S/C15H21ClN4O2/c1-10-3-4-12(16)9-13(10)20-7-5-19(6-8-20)11(2)14(21)18-15(17)22/h3-4,9,11H,5-8H2,1-2H3,(H3,17,18,21,22)/t11-/m1/s1. The van der Waals surface area contributed by atoms with E-state index in [1.54, 1.807) is 6.92 Å². The van der Waals surface area contributed by atoms with Crippen LogP contribution in [0.3, 0.4) is 0 Å². The Balaban J connectivity index is 1.97. The van der Waals surface area contributed by atoms with E-state index in [-0.39, 0.29) is 11.9 Å². The summed E-state index contributed by atoms with van der Waals surface area (Å²) in [6.45, 7) is 6.91. The molecule has 0 unspecified atom stereocenters. The fraction of sp³-hybridized carbons (Fsp3) is 0.467. The first-order chi connectivity index (χ1) is 10.4.